The van der Waals surface area contributed by atoms with E-state index >= 15 is 0 Å². The molecule has 0 unspecified atom stereocenters. The fourth-order valence-corrected chi connectivity index (χ4v) is 6.02. The fraction of sp³-hybridized carbons (Fsp3) is 0.467. The number of hydrogen-bond donors (Lipinski definition) is 0. The lowest BCUT2D eigenvalue weighted by Crippen LogP contribution is -2.40. The Morgan fingerprint density at radius 3 is 2.50 bits per heavy atom. The van der Waals surface area contributed by atoms with E-state index in [9.17, 15) is 9.59 Å². The van der Waals surface area contributed by atoms with Gasteiger partial charge in [0.1, 0.15) is 23.6 Å². The van der Waals surface area contributed by atoms with Gasteiger partial charge >= 0.3 is 5.97 Å². The molecular formula is C30H35N5O5. The van der Waals surface area contributed by atoms with Crippen LogP contribution in [0.15, 0.2) is 30.6 Å². The predicted octanol–water partition coefficient (Wildman–Crippen LogP) is 4.22. The molecule has 0 spiro atoms. The van der Waals surface area contributed by atoms with Crippen LogP contribution >= 0.6 is 0 Å². The molecule has 210 valence electrons. The van der Waals surface area contributed by atoms with Crippen molar-refractivity contribution in [3.63, 3.8) is 0 Å². The number of fused-ring (bicyclic) bond motifs is 2. The number of likely N-dealkylation sites (tertiary alicyclic amines) is 1. The van der Waals surface area contributed by atoms with Crippen molar-refractivity contribution < 1.29 is 23.8 Å². The van der Waals surface area contributed by atoms with E-state index < -0.39 is 5.97 Å². The van der Waals surface area contributed by atoms with Gasteiger partial charge in [-0.05, 0) is 56.7 Å². The molecule has 1 amide bonds. The van der Waals surface area contributed by atoms with Crippen LogP contribution in [0.25, 0.3) is 27.8 Å². The number of rotatable bonds is 8. The third-order valence-corrected chi connectivity index (χ3v) is 8.29. The smallest absolute Gasteiger partial charge is 0.339 e. The number of carbonyl (C=O) groups is 2. The highest BCUT2D eigenvalue weighted by Crippen LogP contribution is 2.41. The monoisotopic (exact) mass is 545 g/mol. The SMILES string of the molecule is COCC(=O)N1CCC(c2nccc3cc(-c4nn5cc(C(=O)OC)cc(OC)c5c4C)n(CC4CC4)c23)CC1. The molecule has 0 bridgehead atoms. The van der Waals surface area contributed by atoms with Crippen molar-refractivity contribution >= 4 is 28.3 Å². The van der Waals surface area contributed by atoms with E-state index in [-0.39, 0.29) is 18.4 Å². The largest absolute Gasteiger partial charge is 0.494 e. The summed E-state index contributed by atoms with van der Waals surface area (Å²) in [4.78, 5) is 31.5. The molecule has 0 radical (unpaired) electrons. The molecule has 40 heavy (non-hydrogen) atoms. The lowest BCUT2D eigenvalue weighted by atomic mass is 9.92. The summed E-state index contributed by atoms with van der Waals surface area (Å²) in [7, 11) is 4.51. The number of carbonyl (C=O) groups excluding carboxylic acids is 2. The number of esters is 1. The van der Waals surface area contributed by atoms with E-state index in [1.165, 1.54) is 20.0 Å². The Kier molecular flexibility index (Phi) is 6.95. The normalized spacial score (nSPS) is 16.1. The molecule has 10 nitrogen and oxygen atoms in total. The van der Waals surface area contributed by atoms with Gasteiger partial charge in [-0.15, -0.1) is 0 Å². The molecule has 10 heteroatoms. The molecule has 0 N–H and O–H groups in total. The third-order valence-electron chi connectivity index (χ3n) is 8.29. The Hall–Kier alpha value is -3.92. The molecule has 0 aromatic carbocycles. The molecule has 1 aliphatic carbocycles. The van der Waals surface area contributed by atoms with Crippen molar-refractivity contribution in [3.8, 4) is 17.1 Å². The zero-order valence-electron chi connectivity index (χ0n) is 23.5. The van der Waals surface area contributed by atoms with Gasteiger partial charge in [0.2, 0.25) is 5.91 Å². The summed E-state index contributed by atoms with van der Waals surface area (Å²) in [5.41, 5.74) is 6.31. The van der Waals surface area contributed by atoms with Crippen LogP contribution in [0.5, 0.6) is 5.75 Å². The van der Waals surface area contributed by atoms with Gasteiger partial charge in [-0.25, -0.2) is 9.31 Å². The number of amides is 1. The summed E-state index contributed by atoms with van der Waals surface area (Å²) in [5.74, 6) is 1.07. The lowest BCUT2D eigenvalue weighted by molar-refractivity contribution is -0.136. The molecule has 2 aliphatic rings. The molecule has 1 saturated heterocycles. The minimum Gasteiger partial charge on any atom is -0.494 e. The number of aryl methyl sites for hydroxylation is 1. The molecule has 6 rings (SSSR count). The van der Waals surface area contributed by atoms with E-state index in [1.807, 2.05) is 18.0 Å². The maximum absolute atomic E-state index is 12.4. The molecule has 4 aromatic heterocycles. The minimum absolute atomic E-state index is 0.0413. The van der Waals surface area contributed by atoms with Gasteiger partial charge in [0.15, 0.2) is 0 Å². The van der Waals surface area contributed by atoms with Crippen molar-refractivity contribution in [2.24, 2.45) is 5.92 Å². The van der Waals surface area contributed by atoms with E-state index in [0.717, 1.165) is 58.5 Å². The number of methoxy groups -OCH3 is 3. The van der Waals surface area contributed by atoms with Crippen molar-refractivity contribution in [1.82, 2.24) is 24.1 Å². The second-order valence-corrected chi connectivity index (χ2v) is 10.9. The van der Waals surface area contributed by atoms with Gasteiger partial charge in [-0.1, -0.05) is 0 Å². The zero-order valence-corrected chi connectivity index (χ0v) is 23.5. The highest BCUT2D eigenvalue weighted by molar-refractivity contribution is 5.92. The first kappa shape index (κ1) is 26.3. The third kappa shape index (κ3) is 4.60. The number of pyridine rings is 2. The number of hydrogen-bond acceptors (Lipinski definition) is 7. The number of ether oxygens (including phenoxy) is 3. The highest BCUT2D eigenvalue weighted by Gasteiger charge is 2.31. The van der Waals surface area contributed by atoms with Crippen molar-refractivity contribution in [3.05, 3.63) is 47.4 Å². The maximum atomic E-state index is 12.4. The van der Waals surface area contributed by atoms with Gasteiger partial charge in [0.05, 0.1) is 36.7 Å². The maximum Gasteiger partial charge on any atom is 0.339 e. The lowest BCUT2D eigenvalue weighted by Gasteiger charge is -2.32. The average Bonchev–Trinajstić information content (AvgIpc) is 3.64. The average molecular weight is 546 g/mol. The highest BCUT2D eigenvalue weighted by atomic mass is 16.5. The predicted molar refractivity (Wildman–Crippen MR) is 150 cm³/mol. The summed E-state index contributed by atoms with van der Waals surface area (Å²) in [5, 5.41) is 6.11. The number of nitrogens with zero attached hydrogens (tertiary/aromatic N) is 5. The quantitative estimate of drug-likeness (QED) is 0.306. The molecular weight excluding hydrogens is 510 g/mol. The second-order valence-electron chi connectivity index (χ2n) is 10.9. The molecule has 1 saturated carbocycles. The first-order valence-corrected chi connectivity index (χ1v) is 13.8. The fourth-order valence-electron chi connectivity index (χ4n) is 6.02. The van der Waals surface area contributed by atoms with Gasteiger partial charge in [0.25, 0.3) is 0 Å². The van der Waals surface area contributed by atoms with E-state index in [1.54, 1.807) is 31.0 Å². The van der Waals surface area contributed by atoms with Gasteiger partial charge < -0.3 is 23.7 Å². The topological polar surface area (TPSA) is 100 Å². The first-order chi connectivity index (χ1) is 19.4. The van der Waals surface area contributed by atoms with Crippen LogP contribution in [0.4, 0.5) is 0 Å². The Bertz CT molecular complexity index is 1590. The summed E-state index contributed by atoms with van der Waals surface area (Å²) < 4.78 is 19.8. The summed E-state index contributed by atoms with van der Waals surface area (Å²) in [6.07, 6.45) is 7.76. The molecule has 1 aliphatic heterocycles. The Labute approximate surface area is 232 Å². The van der Waals surface area contributed by atoms with Crippen LogP contribution in [-0.4, -0.2) is 77.0 Å². The molecule has 2 fully saturated rings. The molecule has 0 atom stereocenters. The molecule has 4 aromatic rings. The Morgan fingerprint density at radius 2 is 1.82 bits per heavy atom. The van der Waals surface area contributed by atoms with Gasteiger partial charge in [0, 0.05) is 56.0 Å². The summed E-state index contributed by atoms with van der Waals surface area (Å²) in [6, 6.07) is 5.98. The minimum atomic E-state index is -0.441. The number of aromatic nitrogens is 4. The van der Waals surface area contributed by atoms with Crippen LogP contribution in [0.2, 0.25) is 0 Å². The van der Waals surface area contributed by atoms with Gasteiger partial charge in [-0.3, -0.25) is 9.78 Å². The Morgan fingerprint density at radius 1 is 1.05 bits per heavy atom. The number of piperidine rings is 1. The summed E-state index contributed by atoms with van der Waals surface area (Å²) in [6.45, 7) is 4.48. The second kappa shape index (κ2) is 10.6. The van der Waals surface area contributed by atoms with Gasteiger partial charge in [-0.2, -0.15) is 5.10 Å². The van der Waals surface area contributed by atoms with E-state index in [4.69, 9.17) is 24.3 Å². The zero-order chi connectivity index (χ0) is 28.0. The molecule has 5 heterocycles. The van der Waals surface area contributed by atoms with E-state index in [2.05, 4.69) is 16.7 Å². The van der Waals surface area contributed by atoms with Crippen LogP contribution in [-0.2, 0) is 20.8 Å². The Balaban J connectivity index is 1.45. The first-order valence-electron chi connectivity index (χ1n) is 13.8. The van der Waals surface area contributed by atoms with Crippen LogP contribution in [0.3, 0.4) is 0 Å². The van der Waals surface area contributed by atoms with Crippen LogP contribution in [0, 0.1) is 12.8 Å². The van der Waals surface area contributed by atoms with Crippen molar-refractivity contribution in [2.75, 3.05) is 41.0 Å². The standard InChI is InChI=1S/C30H35N5O5/c1-18-26(32-35-16-22(30(37)40-4)14-24(39-3)28(18)35)23-13-21-7-10-31-27(29(21)34(23)15-19-5-6-19)20-8-11-33(12-9-20)25(36)17-38-2/h7,10,13-14,16,19-20H,5-6,8-9,11-12,15,17H2,1-4H3. The summed E-state index contributed by atoms with van der Waals surface area (Å²) >= 11 is 0. The van der Waals surface area contributed by atoms with Crippen molar-refractivity contribution in [1.29, 1.82) is 0 Å². The van der Waals surface area contributed by atoms with Crippen LogP contribution < -0.4 is 4.74 Å². The van der Waals surface area contributed by atoms with E-state index in [0.29, 0.717) is 30.3 Å². The van der Waals surface area contributed by atoms with Crippen molar-refractivity contribution in [2.45, 2.75) is 45.1 Å². The van der Waals surface area contributed by atoms with Crippen LogP contribution in [0.1, 0.15) is 53.2 Å².